The number of pyridine rings is 1. The van der Waals surface area contributed by atoms with Gasteiger partial charge in [0.2, 0.25) is 5.91 Å². The van der Waals surface area contributed by atoms with Crippen LogP contribution in [-0.2, 0) is 16.0 Å². The number of carbonyl (C=O) groups is 1. The van der Waals surface area contributed by atoms with Crippen LogP contribution in [0.2, 0.25) is 0 Å². The van der Waals surface area contributed by atoms with Gasteiger partial charge in [0.05, 0.1) is 12.0 Å². The largest absolute Gasteiger partial charge is 0.394 e. The van der Waals surface area contributed by atoms with Crippen molar-refractivity contribution in [3.63, 3.8) is 0 Å². The lowest BCUT2D eigenvalue weighted by Gasteiger charge is -2.36. The fourth-order valence-electron chi connectivity index (χ4n) is 3.42. The number of aliphatic hydroxyl groups is 1. The lowest BCUT2D eigenvalue weighted by atomic mass is 9.74. The second kappa shape index (κ2) is 8.43. The number of nitrogens with one attached hydrogen (secondary N) is 1. The standard InChI is InChI=1S/C21H26N2O3/c1-16(15-24)23-20(25)21(8-12-26-13-9-21)14-17-2-4-18(5-3-17)19-6-10-22-11-7-19/h2-7,10-11,16,24H,8-9,12-15H2,1H3,(H,23,25)/t16-/m0/s1. The minimum absolute atomic E-state index is 0.0144. The van der Waals surface area contributed by atoms with Gasteiger partial charge in [-0.1, -0.05) is 24.3 Å². The molecule has 5 nitrogen and oxygen atoms in total. The summed E-state index contributed by atoms with van der Waals surface area (Å²) in [6.07, 6.45) is 5.64. The van der Waals surface area contributed by atoms with Gasteiger partial charge in [0, 0.05) is 31.6 Å². The van der Waals surface area contributed by atoms with Gasteiger partial charge in [-0.3, -0.25) is 9.78 Å². The second-order valence-corrected chi connectivity index (χ2v) is 7.06. The van der Waals surface area contributed by atoms with Gasteiger partial charge in [0.25, 0.3) is 0 Å². The Morgan fingerprint density at radius 3 is 2.38 bits per heavy atom. The van der Waals surface area contributed by atoms with Crippen LogP contribution < -0.4 is 5.32 Å². The number of carbonyl (C=O) groups excluding carboxylic acids is 1. The first-order chi connectivity index (χ1) is 12.6. The number of amides is 1. The molecule has 0 unspecified atom stereocenters. The molecule has 26 heavy (non-hydrogen) atoms. The van der Waals surface area contributed by atoms with Crippen LogP contribution in [0.3, 0.4) is 0 Å². The first-order valence-electron chi connectivity index (χ1n) is 9.12. The van der Waals surface area contributed by atoms with Gasteiger partial charge in [-0.25, -0.2) is 0 Å². The summed E-state index contributed by atoms with van der Waals surface area (Å²) < 4.78 is 5.49. The quantitative estimate of drug-likeness (QED) is 0.836. The van der Waals surface area contributed by atoms with E-state index in [0.717, 1.165) is 16.7 Å². The van der Waals surface area contributed by atoms with Gasteiger partial charge in [0.1, 0.15) is 0 Å². The van der Waals surface area contributed by atoms with E-state index in [4.69, 9.17) is 4.74 Å². The summed E-state index contributed by atoms with van der Waals surface area (Å²) >= 11 is 0. The third kappa shape index (κ3) is 4.29. The van der Waals surface area contributed by atoms with Crippen LogP contribution in [0.25, 0.3) is 11.1 Å². The average molecular weight is 354 g/mol. The second-order valence-electron chi connectivity index (χ2n) is 7.06. The van der Waals surface area contributed by atoms with Crippen molar-refractivity contribution in [1.82, 2.24) is 10.3 Å². The normalized spacial score (nSPS) is 17.5. The van der Waals surface area contributed by atoms with E-state index in [2.05, 4.69) is 34.6 Å². The molecule has 2 aromatic rings. The highest BCUT2D eigenvalue weighted by Gasteiger charge is 2.40. The smallest absolute Gasteiger partial charge is 0.227 e. The Balaban J connectivity index is 1.77. The summed E-state index contributed by atoms with van der Waals surface area (Å²) in [6.45, 7) is 2.94. The van der Waals surface area contributed by atoms with Gasteiger partial charge < -0.3 is 15.2 Å². The van der Waals surface area contributed by atoms with E-state index in [1.807, 2.05) is 19.1 Å². The van der Waals surface area contributed by atoms with E-state index >= 15 is 0 Å². The van der Waals surface area contributed by atoms with Crippen molar-refractivity contribution in [3.8, 4) is 11.1 Å². The number of rotatable bonds is 6. The average Bonchev–Trinajstić information content (AvgIpc) is 2.70. The zero-order valence-corrected chi connectivity index (χ0v) is 15.1. The molecule has 138 valence electrons. The van der Waals surface area contributed by atoms with Crippen LogP contribution in [-0.4, -0.2) is 41.9 Å². The topological polar surface area (TPSA) is 71.5 Å². The highest BCUT2D eigenvalue weighted by Crippen LogP contribution is 2.35. The van der Waals surface area contributed by atoms with Gasteiger partial charge in [-0.2, -0.15) is 0 Å². The SMILES string of the molecule is C[C@@H](CO)NC(=O)C1(Cc2ccc(-c3ccncc3)cc2)CCOCC1. The van der Waals surface area contributed by atoms with E-state index < -0.39 is 5.41 Å². The highest BCUT2D eigenvalue weighted by molar-refractivity contribution is 5.83. The molecule has 0 bridgehead atoms. The van der Waals surface area contributed by atoms with Crippen LogP contribution in [0.5, 0.6) is 0 Å². The van der Waals surface area contributed by atoms with Crippen molar-refractivity contribution in [2.75, 3.05) is 19.8 Å². The molecule has 1 aromatic carbocycles. The van der Waals surface area contributed by atoms with E-state index in [9.17, 15) is 9.90 Å². The Morgan fingerprint density at radius 2 is 1.77 bits per heavy atom. The molecule has 0 spiro atoms. The van der Waals surface area contributed by atoms with Crippen molar-refractivity contribution < 1.29 is 14.6 Å². The number of hydrogen-bond acceptors (Lipinski definition) is 4. The van der Waals surface area contributed by atoms with Crippen molar-refractivity contribution in [3.05, 3.63) is 54.4 Å². The van der Waals surface area contributed by atoms with Crippen LogP contribution >= 0.6 is 0 Å². The van der Waals surface area contributed by atoms with Crippen molar-refractivity contribution in [1.29, 1.82) is 0 Å². The van der Waals surface area contributed by atoms with E-state index in [-0.39, 0.29) is 18.6 Å². The summed E-state index contributed by atoms with van der Waals surface area (Å²) in [4.78, 5) is 16.9. The fourth-order valence-corrected chi connectivity index (χ4v) is 3.42. The zero-order valence-electron chi connectivity index (χ0n) is 15.1. The number of hydrogen-bond donors (Lipinski definition) is 2. The Morgan fingerprint density at radius 1 is 1.15 bits per heavy atom. The van der Waals surface area contributed by atoms with Crippen LogP contribution in [0.4, 0.5) is 0 Å². The first kappa shape index (κ1) is 18.5. The summed E-state index contributed by atoms with van der Waals surface area (Å²) in [5.74, 6) is 0.0144. The summed E-state index contributed by atoms with van der Waals surface area (Å²) in [6, 6.07) is 12.1. The molecule has 0 saturated carbocycles. The molecule has 2 heterocycles. The minimum Gasteiger partial charge on any atom is -0.394 e. The maximum absolute atomic E-state index is 12.9. The molecule has 1 fully saturated rings. The lowest BCUT2D eigenvalue weighted by Crippen LogP contribution is -2.49. The van der Waals surface area contributed by atoms with E-state index in [0.29, 0.717) is 32.5 Å². The molecule has 1 aromatic heterocycles. The summed E-state index contributed by atoms with van der Waals surface area (Å²) in [7, 11) is 0. The lowest BCUT2D eigenvalue weighted by molar-refractivity contribution is -0.137. The number of aromatic nitrogens is 1. The van der Waals surface area contributed by atoms with E-state index in [1.165, 1.54) is 0 Å². The van der Waals surface area contributed by atoms with Crippen LogP contribution in [0.1, 0.15) is 25.3 Å². The third-order valence-electron chi connectivity index (χ3n) is 5.09. The number of nitrogens with zero attached hydrogens (tertiary/aromatic N) is 1. The van der Waals surface area contributed by atoms with E-state index in [1.54, 1.807) is 12.4 Å². The first-order valence-corrected chi connectivity index (χ1v) is 9.12. The zero-order chi connectivity index (χ0) is 18.4. The van der Waals surface area contributed by atoms with Gasteiger partial charge in [-0.15, -0.1) is 0 Å². The number of ether oxygens (including phenoxy) is 1. The predicted molar refractivity (Wildman–Crippen MR) is 101 cm³/mol. The maximum Gasteiger partial charge on any atom is 0.227 e. The van der Waals surface area contributed by atoms with Gasteiger partial charge in [-0.05, 0) is 55.0 Å². The molecular weight excluding hydrogens is 328 g/mol. The fraction of sp³-hybridized carbons (Fsp3) is 0.429. The molecule has 3 rings (SSSR count). The number of benzene rings is 1. The minimum atomic E-state index is -0.472. The summed E-state index contributed by atoms with van der Waals surface area (Å²) in [5, 5.41) is 12.2. The number of aliphatic hydroxyl groups excluding tert-OH is 1. The Bertz CT molecular complexity index is 710. The predicted octanol–water partition coefficient (Wildman–Crippen LogP) is 2.58. The monoisotopic (exact) mass is 354 g/mol. The van der Waals surface area contributed by atoms with Gasteiger partial charge in [0.15, 0.2) is 0 Å². The molecule has 1 aliphatic heterocycles. The maximum atomic E-state index is 12.9. The molecule has 1 amide bonds. The van der Waals surface area contributed by atoms with Crippen molar-refractivity contribution in [2.45, 2.75) is 32.2 Å². The van der Waals surface area contributed by atoms with Gasteiger partial charge >= 0.3 is 0 Å². The molecule has 1 aliphatic rings. The Hall–Kier alpha value is -2.24. The highest BCUT2D eigenvalue weighted by atomic mass is 16.5. The summed E-state index contributed by atoms with van der Waals surface area (Å²) in [5.41, 5.74) is 2.92. The molecule has 1 saturated heterocycles. The van der Waals surface area contributed by atoms with Crippen LogP contribution in [0.15, 0.2) is 48.8 Å². The molecule has 0 aliphatic carbocycles. The molecule has 0 radical (unpaired) electrons. The van der Waals surface area contributed by atoms with Crippen molar-refractivity contribution in [2.24, 2.45) is 5.41 Å². The molecule has 5 heteroatoms. The van der Waals surface area contributed by atoms with Crippen molar-refractivity contribution >= 4 is 5.91 Å². The Kier molecular flexibility index (Phi) is 6.01. The molecular formula is C21H26N2O3. The molecule has 1 atom stereocenters. The third-order valence-corrected chi connectivity index (χ3v) is 5.09. The molecule has 2 N–H and O–H groups in total. The Labute approximate surface area is 154 Å². The van der Waals surface area contributed by atoms with Crippen LogP contribution in [0, 0.1) is 5.41 Å².